The van der Waals surface area contributed by atoms with Crippen molar-refractivity contribution in [1.29, 1.82) is 0 Å². The summed E-state index contributed by atoms with van der Waals surface area (Å²) in [6, 6.07) is 9.67. The number of carbonyl (C=O) groups is 1. The monoisotopic (exact) mass is 439 g/mol. The van der Waals surface area contributed by atoms with E-state index in [1.54, 1.807) is 23.1 Å². The topological polar surface area (TPSA) is 82.1 Å². The molecule has 2 rings (SSSR count). The van der Waals surface area contributed by atoms with E-state index in [0.717, 1.165) is 6.07 Å². The number of hydrogen-bond donors (Lipinski definition) is 0. The number of rotatable bonds is 10. The van der Waals surface area contributed by atoms with Crippen molar-refractivity contribution in [1.82, 2.24) is 4.90 Å². The Balaban J connectivity index is 2.33. The van der Waals surface area contributed by atoms with E-state index in [4.69, 9.17) is 13.7 Å². The van der Waals surface area contributed by atoms with Gasteiger partial charge in [0.05, 0.1) is 7.11 Å². The second-order valence-electron chi connectivity index (χ2n) is 6.65. The van der Waals surface area contributed by atoms with Crippen molar-refractivity contribution < 1.29 is 31.3 Å². The predicted octanol–water partition coefficient (Wildman–Crippen LogP) is 3.38. The summed E-state index contributed by atoms with van der Waals surface area (Å²) >= 11 is 0. The molecular formula is C21H26FNO6S. The van der Waals surface area contributed by atoms with Crippen LogP contribution in [0.4, 0.5) is 4.39 Å². The molecule has 0 saturated carbocycles. The highest BCUT2D eigenvalue weighted by molar-refractivity contribution is 7.87. The van der Waals surface area contributed by atoms with E-state index >= 15 is 0 Å². The zero-order valence-electron chi connectivity index (χ0n) is 17.4. The van der Waals surface area contributed by atoms with Gasteiger partial charge in [-0.1, -0.05) is 25.1 Å². The fourth-order valence-corrected chi connectivity index (χ4v) is 3.76. The number of amides is 1. The molecule has 0 N–H and O–H groups in total. The van der Waals surface area contributed by atoms with Crippen molar-refractivity contribution in [2.24, 2.45) is 0 Å². The van der Waals surface area contributed by atoms with Crippen LogP contribution in [0.3, 0.4) is 0 Å². The molecule has 0 heterocycles. The first-order chi connectivity index (χ1) is 14.2. The highest BCUT2D eigenvalue weighted by Crippen LogP contribution is 2.27. The highest BCUT2D eigenvalue weighted by atomic mass is 32.2. The third kappa shape index (κ3) is 5.70. The van der Waals surface area contributed by atoms with Gasteiger partial charge in [-0.3, -0.25) is 4.79 Å². The summed E-state index contributed by atoms with van der Waals surface area (Å²) < 4.78 is 54.4. The van der Waals surface area contributed by atoms with Crippen LogP contribution in [0.1, 0.15) is 25.8 Å². The molecule has 1 amide bonds. The largest absolute Gasteiger partial charge is 0.494 e. The van der Waals surface area contributed by atoms with Crippen LogP contribution >= 0.6 is 0 Å². The molecule has 0 aromatic heterocycles. The fraction of sp³-hybridized carbons (Fsp3) is 0.381. The molecule has 0 saturated heterocycles. The Morgan fingerprint density at radius 2 is 1.83 bits per heavy atom. The van der Waals surface area contributed by atoms with Gasteiger partial charge in [-0.2, -0.15) is 8.42 Å². The molecule has 2 aromatic carbocycles. The number of para-hydroxylation sites is 1. The molecule has 7 nitrogen and oxygen atoms in total. The van der Waals surface area contributed by atoms with Crippen LogP contribution in [0, 0.1) is 5.82 Å². The molecule has 164 valence electrons. The lowest BCUT2D eigenvalue weighted by atomic mass is 10.1. The van der Waals surface area contributed by atoms with E-state index in [9.17, 15) is 17.6 Å². The Hall–Kier alpha value is -2.65. The van der Waals surface area contributed by atoms with Crippen LogP contribution in [0.2, 0.25) is 0 Å². The summed E-state index contributed by atoms with van der Waals surface area (Å²) in [6.45, 7) is 3.90. The molecular weight excluding hydrogens is 413 g/mol. The van der Waals surface area contributed by atoms with Gasteiger partial charge >= 0.3 is 10.1 Å². The number of halogens is 1. The van der Waals surface area contributed by atoms with Crippen LogP contribution in [0.5, 0.6) is 11.5 Å². The van der Waals surface area contributed by atoms with Gasteiger partial charge in [-0.25, -0.2) is 4.39 Å². The Kier molecular flexibility index (Phi) is 8.19. The van der Waals surface area contributed by atoms with Crippen molar-refractivity contribution >= 4 is 16.0 Å². The van der Waals surface area contributed by atoms with Crippen molar-refractivity contribution in [2.45, 2.75) is 37.8 Å². The van der Waals surface area contributed by atoms with E-state index in [1.165, 1.54) is 32.4 Å². The fourth-order valence-electron chi connectivity index (χ4n) is 2.78. The van der Waals surface area contributed by atoms with E-state index in [0.29, 0.717) is 12.0 Å². The molecule has 0 radical (unpaired) electrons. The predicted molar refractivity (Wildman–Crippen MR) is 109 cm³/mol. The number of benzene rings is 2. The normalized spacial score (nSPS) is 12.3. The second-order valence-corrected chi connectivity index (χ2v) is 8.20. The van der Waals surface area contributed by atoms with Gasteiger partial charge in [0.15, 0.2) is 11.6 Å². The number of methoxy groups -OCH3 is 2. The van der Waals surface area contributed by atoms with E-state index in [1.807, 2.05) is 13.8 Å². The number of carbonyl (C=O) groups excluding carboxylic acids is 1. The zero-order valence-corrected chi connectivity index (χ0v) is 18.2. The summed E-state index contributed by atoms with van der Waals surface area (Å²) in [4.78, 5) is 13.7. The number of hydrogen-bond acceptors (Lipinski definition) is 6. The minimum Gasteiger partial charge on any atom is -0.494 e. The first-order valence-corrected chi connectivity index (χ1v) is 10.8. The van der Waals surface area contributed by atoms with Crippen molar-refractivity contribution in [3.63, 3.8) is 0 Å². The van der Waals surface area contributed by atoms with Crippen LogP contribution in [0.25, 0.3) is 0 Å². The summed E-state index contributed by atoms with van der Waals surface area (Å²) in [5.41, 5.74) is 0.500. The lowest BCUT2D eigenvalue weighted by Gasteiger charge is -2.29. The maximum Gasteiger partial charge on any atom is 0.339 e. The summed E-state index contributed by atoms with van der Waals surface area (Å²) in [5.74, 6) is -1.05. The first kappa shape index (κ1) is 23.6. The third-order valence-electron chi connectivity index (χ3n) is 4.64. The molecule has 0 aliphatic carbocycles. The summed E-state index contributed by atoms with van der Waals surface area (Å²) in [7, 11) is -1.58. The molecule has 0 bridgehead atoms. The number of nitrogens with zero attached hydrogens (tertiary/aromatic N) is 1. The molecule has 0 spiro atoms. The van der Waals surface area contributed by atoms with Gasteiger partial charge in [0.25, 0.3) is 0 Å². The van der Waals surface area contributed by atoms with Crippen LogP contribution < -0.4 is 8.92 Å². The van der Waals surface area contributed by atoms with E-state index in [2.05, 4.69) is 0 Å². The van der Waals surface area contributed by atoms with Gasteiger partial charge in [0, 0.05) is 25.3 Å². The van der Waals surface area contributed by atoms with Gasteiger partial charge in [0.1, 0.15) is 17.3 Å². The first-order valence-electron chi connectivity index (χ1n) is 9.37. The number of ether oxygens (including phenoxy) is 2. The summed E-state index contributed by atoms with van der Waals surface area (Å²) in [5, 5.41) is 0. The van der Waals surface area contributed by atoms with Crippen molar-refractivity contribution in [3.05, 3.63) is 53.8 Å². The molecule has 9 heteroatoms. The maximum absolute atomic E-state index is 14.0. The molecule has 0 aliphatic rings. The lowest BCUT2D eigenvalue weighted by Crippen LogP contribution is -2.40. The SMILES string of the molecule is CCC(C)N(Cc1ccccc1OS(=O)(=O)c1ccc(OC)c(F)c1)C(=O)COC. The Labute approximate surface area is 176 Å². The van der Waals surface area contributed by atoms with Crippen molar-refractivity contribution in [3.8, 4) is 11.5 Å². The summed E-state index contributed by atoms with van der Waals surface area (Å²) in [6.07, 6.45) is 0.710. The Bertz CT molecular complexity index is 979. The second kappa shape index (κ2) is 10.4. The van der Waals surface area contributed by atoms with Gasteiger partial charge in [-0.05, 0) is 37.6 Å². The Morgan fingerprint density at radius 3 is 2.43 bits per heavy atom. The molecule has 30 heavy (non-hydrogen) atoms. The van der Waals surface area contributed by atoms with Crippen LogP contribution in [-0.4, -0.2) is 46.1 Å². The standard InChI is InChI=1S/C21H26FNO6S/c1-5-15(2)23(21(24)14-27-3)13-16-8-6-7-9-19(16)29-30(25,26)17-10-11-20(28-4)18(22)12-17/h6-12,15H,5,13-14H2,1-4H3. The molecule has 1 unspecified atom stereocenters. The molecule has 0 aliphatic heterocycles. The van der Waals surface area contributed by atoms with E-state index in [-0.39, 0.29) is 41.5 Å². The minimum absolute atomic E-state index is 0.0623. The smallest absolute Gasteiger partial charge is 0.339 e. The molecule has 1 atom stereocenters. The highest BCUT2D eigenvalue weighted by Gasteiger charge is 2.24. The van der Waals surface area contributed by atoms with Gasteiger partial charge in [-0.15, -0.1) is 0 Å². The average molecular weight is 440 g/mol. The van der Waals surface area contributed by atoms with Crippen LogP contribution in [-0.2, 0) is 26.2 Å². The van der Waals surface area contributed by atoms with Gasteiger partial charge in [0.2, 0.25) is 5.91 Å². The third-order valence-corrected chi connectivity index (χ3v) is 5.87. The maximum atomic E-state index is 14.0. The zero-order chi connectivity index (χ0) is 22.3. The van der Waals surface area contributed by atoms with Crippen molar-refractivity contribution in [2.75, 3.05) is 20.8 Å². The van der Waals surface area contributed by atoms with E-state index < -0.39 is 15.9 Å². The quantitative estimate of drug-likeness (QED) is 0.528. The molecule has 0 fully saturated rings. The van der Waals surface area contributed by atoms with Crippen LogP contribution in [0.15, 0.2) is 47.4 Å². The molecule has 2 aromatic rings. The Morgan fingerprint density at radius 1 is 1.13 bits per heavy atom. The average Bonchev–Trinajstić information content (AvgIpc) is 2.72. The lowest BCUT2D eigenvalue weighted by molar-refractivity contribution is -0.138. The minimum atomic E-state index is -4.30. The van der Waals surface area contributed by atoms with Gasteiger partial charge < -0.3 is 18.6 Å².